The van der Waals surface area contributed by atoms with E-state index in [0.29, 0.717) is 11.8 Å². The molecule has 0 aromatic heterocycles. The van der Waals surface area contributed by atoms with Gasteiger partial charge in [0.25, 0.3) is 0 Å². The standard InChI is InChI=1S/C28H39NO2/c1-20(2)24-17-18-25(27(30)31-28(4,5)6)26(24)29(19-22-13-9-7-10-14-22)21(3)23-15-11-8-12-16-23/h7-16,20-21,24-26H,17-19H2,1-6H3/t21-,24-,25+,26+/m1/s1. The van der Waals surface area contributed by atoms with E-state index in [0.717, 1.165) is 19.4 Å². The lowest BCUT2D eigenvalue weighted by Gasteiger charge is -2.41. The summed E-state index contributed by atoms with van der Waals surface area (Å²) in [4.78, 5) is 15.9. The summed E-state index contributed by atoms with van der Waals surface area (Å²) >= 11 is 0. The number of carbonyl (C=O) groups excluding carboxylic acids is 1. The van der Waals surface area contributed by atoms with Gasteiger partial charge in [0, 0.05) is 18.6 Å². The molecular formula is C28H39NO2. The molecule has 3 nitrogen and oxygen atoms in total. The summed E-state index contributed by atoms with van der Waals surface area (Å²) in [7, 11) is 0. The van der Waals surface area contributed by atoms with Crippen LogP contribution < -0.4 is 0 Å². The van der Waals surface area contributed by atoms with Crippen molar-refractivity contribution in [3.63, 3.8) is 0 Å². The number of carbonyl (C=O) groups is 1. The molecule has 31 heavy (non-hydrogen) atoms. The third kappa shape index (κ3) is 5.98. The number of hydrogen-bond acceptors (Lipinski definition) is 3. The molecule has 0 amide bonds. The number of nitrogens with zero attached hydrogens (tertiary/aromatic N) is 1. The van der Waals surface area contributed by atoms with E-state index in [2.05, 4.69) is 86.3 Å². The summed E-state index contributed by atoms with van der Waals surface area (Å²) in [6.45, 7) is 13.6. The monoisotopic (exact) mass is 421 g/mol. The Kier molecular flexibility index (Phi) is 7.59. The molecule has 0 unspecified atom stereocenters. The molecule has 3 rings (SSSR count). The second-order valence-corrected chi connectivity index (χ2v) is 10.4. The SMILES string of the molecule is CC(C)[C@H]1CC[C@H](C(=O)OC(C)(C)C)[C@H]1N(Cc1ccccc1)[C@H](C)c1ccccc1. The second-order valence-electron chi connectivity index (χ2n) is 10.4. The summed E-state index contributed by atoms with van der Waals surface area (Å²) in [5.41, 5.74) is 2.10. The lowest BCUT2D eigenvalue weighted by Crippen LogP contribution is -2.47. The maximum atomic E-state index is 13.3. The normalized spacial score (nSPS) is 22.6. The minimum atomic E-state index is -0.465. The lowest BCUT2D eigenvalue weighted by atomic mass is 9.85. The van der Waals surface area contributed by atoms with Crippen LogP contribution in [0.2, 0.25) is 0 Å². The molecule has 0 heterocycles. The van der Waals surface area contributed by atoms with E-state index >= 15 is 0 Å². The van der Waals surface area contributed by atoms with E-state index in [1.165, 1.54) is 11.1 Å². The molecule has 2 aromatic carbocycles. The van der Waals surface area contributed by atoms with Gasteiger partial charge in [0.15, 0.2) is 0 Å². The lowest BCUT2D eigenvalue weighted by molar-refractivity contribution is -0.162. The van der Waals surface area contributed by atoms with Crippen molar-refractivity contribution in [1.82, 2.24) is 4.90 Å². The van der Waals surface area contributed by atoms with Crippen LogP contribution in [0.25, 0.3) is 0 Å². The summed E-state index contributed by atoms with van der Waals surface area (Å²) in [6, 6.07) is 21.7. The van der Waals surface area contributed by atoms with Crippen LogP contribution in [0.4, 0.5) is 0 Å². The highest BCUT2D eigenvalue weighted by Crippen LogP contribution is 2.44. The van der Waals surface area contributed by atoms with Crippen LogP contribution in [-0.4, -0.2) is 22.5 Å². The van der Waals surface area contributed by atoms with E-state index in [1.807, 2.05) is 20.8 Å². The molecule has 3 heteroatoms. The van der Waals surface area contributed by atoms with E-state index < -0.39 is 5.60 Å². The molecule has 0 saturated heterocycles. The van der Waals surface area contributed by atoms with Crippen LogP contribution in [-0.2, 0) is 16.1 Å². The highest BCUT2D eigenvalue weighted by molar-refractivity contribution is 5.74. The predicted octanol–water partition coefficient (Wildman–Crippen LogP) is 6.64. The number of ether oxygens (including phenoxy) is 1. The van der Waals surface area contributed by atoms with Crippen LogP contribution in [0.1, 0.15) is 71.6 Å². The summed E-state index contributed by atoms with van der Waals surface area (Å²) in [5, 5.41) is 0. The average Bonchev–Trinajstić information content (AvgIpc) is 3.17. The summed E-state index contributed by atoms with van der Waals surface area (Å²) in [5.74, 6) is 0.839. The minimum absolute atomic E-state index is 0.0426. The van der Waals surface area contributed by atoms with Crippen molar-refractivity contribution in [3.8, 4) is 0 Å². The zero-order valence-electron chi connectivity index (χ0n) is 20.0. The van der Waals surface area contributed by atoms with Gasteiger partial charge in [-0.25, -0.2) is 0 Å². The van der Waals surface area contributed by atoms with Crippen molar-refractivity contribution in [2.45, 2.75) is 78.6 Å². The fraction of sp³-hybridized carbons (Fsp3) is 0.536. The third-order valence-corrected chi connectivity index (χ3v) is 6.60. The van der Waals surface area contributed by atoms with Crippen LogP contribution in [0, 0.1) is 17.8 Å². The van der Waals surface area contributed by atoms with Gasteiger partial charge in [0.1, 0.15) is 5.60 Å². The quantitative estimate of drug-likeness (QED) is 0.469. The molecule has 1 saturated carbocycles. The van der Waals surface area contributed by atoms with Gasteiger partial charge in [-0.3, -0.25) is 9.69 Å². The highest BCUT2D eigenvalue weighted by atomic mass is 16.6. The maximum Gasteiger partial charge on any atom is 0.311 e. The van der Waals surface area contributed by atoms with E-state index in [1.54, 1.807) is 0 Å². The summed E-state index contributed by atoms with van der Waals surface area (Å²) < 4.78 is 5.90. The molecule has 1 fully saturated rings. The molecule has 4 atom stereocenters. The molecule has 0 spiro atoms. The van der Waals surface area contributed by atoms with Gasteiger partial charge < -0.3 is 4.74 Å². The third-order valence-electron chi connectivity index (χ3n) is 6.60. The average molecular weight is 422 g/mol. The van der Waals surface area contributed by atoms with Crippen LogP contribution >= 0.6 is 0 Å². The zero-order chi connectivity index (χ0) is 22.6. The largest absolute Gasteiger partial charge is 0.460 e. The van der Waals surface area contributed by atoms with Crippen molar-refractivity contribution in [3.05, 3.63) is 71.8 Å². The van der Waals surface area contributed by atoms with Crippen molar-refractivity contribution in [2.24, 2.45) is 17.8 Å². The van der Waals surface area contributed by atoms with Crippen LogP contribution in [0.15, 0.2) is 60.7 Å². The van der Waals surface area contributed by atoms with Gasteiger partial charge in [0.05, 0.1) is 5.92 Å². The Labute approximate surface area is 188 Å². The molecule has 1 aliphatic carbocycles. The first-order valence-corrected chi connectivity index (χ1v) is 11.7. The van der Waals surface area contributed by atoms with E-state index in [9.17, 15) is 4.79 Å². The number of hydrogen-bond donors (Lipinski definition) is 0. The van der Waals surface area contributed by atoms with Crippen molar-refractivity contribution in [1.29, 1.82) is 0 Å². The summed E-state index contributed by atoms with van der Waals surface area (Å²) in [6.07, 6.45) is 1.97. The molecule has 168 valence electrons. The van der Waals surface area contributed by atoms with Gasteiger partial charge in [-0.15, -0.1) is 0 Å². The Morgan fingerprint density at radius 2 is 1.55 bits per heavy atom. The van der Waals surface area contributed by atoms with Gasteiger partial charge in [-0.1, -0.05) is 74.5 Å². The molecule has 2 aromatic rings. The van der Waals surface area contributed by atoms with Gasteiger partial charge in [-0.05, 0) is 63.5 Å². The Hall–Kier alpha value is -2.13. The van der Waals surface area contributed by atoms with Crippen molar-refractivity contribution in [2.75, 3.05) is 0 Å². The first-order chi connectivity index (χ1) is 14.7. The highest BCUT2D eigenvalue weighted by Gasteiger charge is 2.47. The van der Waals surface area contributed by atoms with Crippen LogP contribution in [0.3, 0.4) is 0 Å². The fourth-order valence-electron chi connectivity index (χ4n) is 5.07. The van der Waals surface area contributed by atoms with Crippen LogP contribution in [0.5, 0.6) is 0 Å². The van der Waals surface area contributed by atoms with Crippen molar-refractivity contribution < 1.29 is 9.53 Å². The Bertz CT molecular complexity index is 825. The Balaban J connectivity index is 2.00. The predicted molar refractivity (Wildman–Crippen MR) is 128 cm³/mol. The van der Waals surface area contributed by atoms with Crippen molar-refractivity contribution >= 4 is 5.97 Å². The number of esters is 1. The van der Waals surface area contributed by atoms with E-state index in [4.69, 9.17) is 4.74 Å². The van der Waals surface area contributed by atoms with Gasteiger partial charge >= 0.3 is 5.97 Å². The maximum absolute atomic E-state index is 13.3. The first kappa shape index (κ1) is 23.5. The zero-order valence-corrected chi connectivity index (χ0v) is 20.0. The number of benzene rings is 2. The topological polar surface area (TPSA) is 29.5 Å². The molecule has 1 aliphatic rings. The smallest absolute Gasteiger partial charge is 0.311 e. The minimum Gasteiger partial charge on any atom is -0.460 e. The second kappa shape index (κ2) is 9.99. The Morgan fingerprint density at radius 3 is 2.10 bits per heavy atom. The molecular weight excluding hydrogens is 382 g/mol. The van der Waals surface area contributed by atoms with Gasteiger partial charge in [0.2, 0.25) is 0 Å². The number of rotatable bonds is 7. The molecule has 0 aliphatic heterocycles. The molecule has 0 bridgehead atoms. The Morgan fingerprint density at radius 1 is 0.968 bits per heavy atom. The fourth-order valence-corrected chi connectivity index (χ4v) is 5.07. The van der Waals surface area contributed by atoms with Gasteiger partial charge in [-0.2, -0.15) is 0 Å². The first-order valence-electron chi connectivity index (χ1n) is 11.7. The van der Waals surface area contributed by atoms with E-state index in [-0.39, 0.29) is 24.0 Å². The molecule has 0 radical (unpaired) electrons. The molecule has 0 N–H and O–H groups in total.